The lowest BCUT2D eigenvalue weighted by Crippen LogP contribution is -2.67. The summed E-state index contributed by atoms with van der Waals surface area (Å²) in [6.45, 7) is 10.2. The number of aliphatic hydroxyl groups excluding tert-OH is 1. The van der Waals surface area contributed by atoms with Crippen molar-refractivity contribution in [2.75, 3.05) is 19.8 Å². The number of hydrogen-bond donors (Lipinski definition) is 2. The van der Waals surface area contributed by atoms with Gasteiger partial charge in [0.05, 0.1) is 24.4 Å². The molecule has 0 amide bonds. The van der Waals surface area contributed by atoms with Gasteiger partial charge in [0.25, 0.3) is 8.32 Å². The van der Waals surface area contributed by atoms with Gasteiger partial charge in [0, 0.05) is 19.4 Å². The summed E-state index contributed by atoms with van der Waals surface area (Å²) in [5.41, 5.74) is -1.42. The predicted molar refractivity (Wildman–Crippen MR) is 165 cm³/mol. The van der Waals surface area contributed by atoms with E-state index in [2.05, 4.69) is 45.0 Å². The number of rotatable bonds is 12. The van der Waals surface area contributed by atoms with Crippen molar-refractivity contribution in [2.24, 2.45) is 0 Å². The van der Waals surface area contributed by atoms with E-state index in [1.807, 2.05) is 56.3 Å². The van der Waals surface area contributed by atoms with Crippen molar-refractivity contribution >= 4 is 24.7 Å². The van der Waals surface area contributed by atoms with Crippen molar-refractivity contribution in [2.45, 2.75) is 76.1 Å². The van der Waals surface area contributed by atoms with E-state index in [4.69, 9.17) is 18.6 Å². The zero-order chi connectivity index (χ0) is 30.4. The lowest BCUT2D eigenvalue weighted by Gasteiger charge is -2.44. The molecule has 3 atom stereocenters. The SMILES string of the molecule is CC1(C)OC[C@@H](C[C@@H](O)[C@@](O)(CCO[Si](c2ccccc2)(c2ccccc2)C(C)(C)C)COC(=O)c2ccccc2)O1. The topological polar surface area (TPSA) is 94.5 Å². The minimum absolute atomic E-state index is 0.0394. The predicted octanol–water partition coefficient (Wildman–Crippen LogP) is 4.44. The highest BCUT2D eigenvalue weighted by Crippen LogP contribution is 2.37. The second-order valence-corrected chi connectivity index (χ2v) is 16.8. The van der Waals surface area contributed by atoms with Gasteiger partial charge in [-0.15, -0.1) is 0 Å². The monoisotopic (exact) mass is 592 g/mol. The third-order valence-corrected chi connectivity index (χ3v) is 12.9. The molecule has 0 aliphatic carbocycles. The fraction of sp³-hybridized carbons (Fsp3) is 0.441. The molecule has 7 nitrogen and oxygen atoms in total. The van der Waals surface area contributed by atoms with E-state index in [0.29, 0.717) is 12.2 Å². The smallest absolute Gasteiger partial charge is 0.338 e. The Morgan fingerprint density at radius 3 is 1.95 bits per heavy atom. The Bertz CT molecular complexity index is 1240. The van der Waals surface area contributed by atoms with Crippen molar-refractivity contribution < 1.29 is 33.6 Å². The van der Waals surface area contributed by atoms with Crippen LogP contribution in [-0.4, -0.2) is 67.9 Å². The molecule has 0 saturated carbocycles. The van der Waals surface area contributed by atoms with Crippen molar-refractivity contribution in [3.63, 3.8) is 0 Å². The lowest BCUT2D eigenvalue weighted by atomic mass is 9.90. The van der Waals surface area contributed by atoms with E-state index < -0.39 is 44.5 Å². The molecule has 0 bridgehead atoms. The van der Waals surface area contributed by atoms with Gasteiger partial charge in [-0.05, 0) is 41.4 Å². The molecular weight excluding hydrogens is 548 g/mol. The number of carbonyl (C=O) groups is 1. The van der Waals surface area contributed by atoms with Crippen molar-refractivity contribution in [3.8, 4) is 0 Å². The molecule has 3 aromatic rings. The summed E-state index contributed by atoms with van der Waals surface area (Å²) >= 11 is 0. The summed E-state index contributed by atoms with van der Waals surface area (Å²) < 4.78 is 24.1. The summed E-state index contributed by atoms with van der Waals surface area (Å²) in [6.07, 6.45) is -1.52. The maximum atomic E-state index is 12.8. The normalized spacial score (nSPS) is 19.2. The number of esters is 1. The molecule has 0 radical (unpaired) electrons. The Labute approximate surface area is 250 Å². The summed E-state index contributed by atoms with van der Waals surface area (Å²) in [5, 5.41) is 25.3. The first-order valence-corrected chi connectivity index (χ1v) is 16.5. The van der Waals surface area contributed by atoms with Gasteiger partial charge in [0.2, 0.25) is 0 Å². The molecule has 42 heavy (non-hydrogen) atoms. The number of aliphatic hydroxyl groups is 2. The molecule has 8 heteroatoms. The summed E-state index contributed by atoms with van der Waals surface area (Å²) in [4.78, 5) is 12.8. The minimum atomic E-state index is -2.88. The van der Waals surface area contributed by atoms with Gasteiger partial charge in [0.1, 0.15) is 12.2 Å². The van der Waals surface area contributed by atoms with Gasteiger partial charge in [-0.25, -0.2) is 4.79 Å². The molecule has 1 aliphatic rings. The molecule has 4 rings (SSSR count). The third-order valence-electron chi connectivity index (χ3n) is 7.91. The maximum Gasteiger partial charge on any atom is 0.338 e. The zero-order valence-corrected chi connectivity index (χ0v) is 26.3. The van der Waals surface area contributed by atoms with Crippen LogP contribution in [0.3, 0.4) is 0 Å². The van der Waals surface area contributed by atoms with Gasteiger partial charge in [-0.2, -0.15) is 0 Å². The van der Waals surface area contributed by atoms with E-state index in [0.717, 1.165) is 10.4 Å². The van der Waals surface area contributed by atoms with Gasteiger partial charge in [0.15, 0.2) is 5.79 Å². The Morgan fingerprint density at radius 2 is 1.48 bits per heavy atom. The molecule has 0 unspecified atom stereocenters. The first-order chi connectivity index (χ1) is 19.9. The Hall–Kier alpha value is -2.85. The quantitative estimate of drug-likeness (QED) is 0.237. The Balaban J connectivity index is 1.59. The molecule has 1 aliphatic heterocycles. The highest BCUT2D eigenvalue weighted by atomic mass is 28.4. The largest absolute Gasteiger partial charge is 0.459 e. The van der Waals surface area contributed by atoms with Gasteiger partial charge in [-0.1, -0.05) is 99.6 Å². The van der Waals surface area contributed by atoms with Crippen LogP contribution in [0.25, 0.3) is 0 Å². The van der Waals surface area contributed by atoms with E-state index >= 15 is 0 Å². The van der Waals surface area contributed by atoms with Crippen LogP contribution in [0, 0.1) is 0 Å². The van der Waals surface area contributed by atoms with Crippen LogP contribution >= 0.6 is 0 Å². The van der Waals surface area contributed by atoms with Gasteiger partial charge < -0.3 is 28.8 Å². The summed E-state index contributed by atoms with van der Waals surface area (Å²) in [5.74, 6) is -1.34. The molecule has 2 N–H and O–H groups in total. The average molecular weight is 593 g/mol. The molecular formula is C34H44O7Si. The lowest BCUT2D eigenvalue weighted by molar-refractivity contribution is -0.156. The number of hydrogen-bond acceptors (Lipinski definition) is 7. The molecule has 226 valence electrons. The highest BCUT2D eigenvalue weighted by molar-refractivity contribution is 6.99. The number of ether oxygens (including phenoxy) is 3. The van der Waals surface area contributed by atoms with Crippen LogP contribution in [0.1, 0.15) is 57.8 Å². The van der Waals surface area contributed by atoms with E-state index in [1.54, 1.807) is 24.3 Å². The first-order valence-electron chi connectivity index (χ1n) is 14.6. The van der Waals surface area contributed by atoms with Crippen LogP contribution in [0.2, 0.25) is 5.04 Å². The van der Waals surface area contributed by atoms with E-state index in [1.165, 1.54) is 0 Å². The fourth-order valence-corrected chi connectivity index (χ4v) is 10.2. The van der Waals surface area contributed by atoms with Crippen LogP contribution in [0.15, 0.2) is 91.0 Å². The summed E-state index contributed by atoms with van der Waals surface area (Å²) in [6, 6.07) is 29.1. The fourth-order valence-electron chi connectivity index (χ4n) is 5.67. The van der Waals surface area contributed by atoms with Crippen molar-refractivity contribution in [3.05, 3.63) is 96.6 Å². The zero-order valence-electron chi connectivity index (χ0n) is 25.3. The summed E-state index contributed by atoms with van der Waals surface area (Å²) in [7, 11) is -2.88. The van der Waals surface area contributed by atoms with Gasteiger partial charge >= 0.3 is 5.97 Å². The van der Waals surface area contributed by atoms with Gasteiger partial charge in [-0.3, -0.25) is 0 Å². The Morgan fingerprint density at radius 1 is 0.952 bits per heavy atom. The molecule has 3 aromatic carbocycles. The minimum Gasteiger partial charge on any atom is -0.459 e. The molecule has 1 heterocycles. The third kappa shape index (κ3) is 7.37. The molecule has 1 fully saturated rings. The first kappa shape index (κ1) is 32.1. The highest BCUT2D eigenvalue weighted by Gasteiger charge is 2.51. The van der Waals surface area contributed by atoms with Crippen LogP contribution < -0.4 is 10.4 Å². The second-order valence-electron chi connectivity index (χ2n) is 12.5. The number of benzene rings is 3. The van der Waals surface area contributed by atoms with Crippen LogP contribution in [-0.2, 0) is 18.6 Å². The molecule has 1 saturated heterocycles. The van der Waals surface area contributed by atoms with E-state index in [-0.39, 0.29) is 24.5 Å². The molecule has 0 spiro atoms. The number of carbonyl (C=O) groups excluding carboxylic acids is 1. The second kappa shape index (κ2) is 13.2. The Kier molecular flexibility index (Phi) is 10.1. The maximum absolute atomic E-state index is 12.8. The van der Waals surface area contributed by atoms with Crippen LogP contribution in [0.5, 0.6) is 0 Å². The average Bonchev–Trinajstić information content (AvgIpc) is 3.32. The standard InChI is InChI=1S/C34H44O7Si/c1-32(2,3)42(28-17-11-7-12-18-28,29-19-13-8-14-20-29)40-22-21-34(37,25-38-31(36)26-15-9-6-10-16-26)30(35)23-27-24-39-33(4,5)41-27/h6-20,27,30,35,37H,21-25H2,1-5H3/t27-,30-,34-/m1/s1. The van der Waals surface area contributed by atoms with Crippen LogP contribution in [0.4, 0.5) is 0 Å². The molecule has 0 aromatic heterocycles. The van der Waals surface area contributed by atoms with Crippen molar-refractivity contribution in [1.82, 2.24) is 0 Å². The van der Waals surface area contributed by atoms with Crippen molar-refractivity contribution in [1.29, 1.82) is 0 Å². The van der Waals surface area contributed by atoms with E-state index in [9.17, 15) is 15.0 Å².